The minimum absolute atomic E-state index is 0.375. The largest absolute Gasteiger partial charge is 0.416 e. The molecule has 1 N–H and O–H groups in total. The predicted molar refractivity (Wildman–Crippen MR) is 65.4 cm³/mol. The lowest BCUT2D eigenvalue weighted by Crippen LogP contribution is -2.34. The third-order valence-electron chi connectivity index (χ3n) is 3.50. The molecule has 100 valence electrons. The van der Waals surface area contributed by atoms with Crippen LogP contribution in [0.1, 0.15) is 36.8 Å². The molecule has 1 heterocycles. The van der Waals surface area contributed by atoms with E-state index in [1.54, 1.807) is 12.1 Å². The highest BCUT2D eigenvalue weighted by molar-refractivity contribution is 5.29. The molecule has 0 aromatic heterocycles. The van der Waals surface area contributed by atoms with Crippen LogP contribution < -0.4 is 5.32 Å². The fourth-order valence-corrected chi connectivity index (χ4v) is 2.51. The average Bonchev–Trinajstić information content (AvgIpc) is 2.37. The third-order valence-corrected chi connectivity index (χ3v) is 3.50. The van der Waals surface area contributed by atoms with Crippen molar-refractivity contribution in [3.63, 3.8) is 0 Å². The zero-order valence-electron chi connectivity index (χ0n) is 10.3. The highest BCUT2D eigenvalue weighted by Crippen LogP contribution is 2.32. The van der Waals surface area contributed by atoms with Crippen LogP contribution in [0, 0.1) is 0 Å². The number of benzene rings is 1. The van der Waals surface area contributed by atoms with Crippen LogP contribution in [0.15, 0.2) is 24.3 Å². The van der Waals surface area contributed by atoms with E-state index < -0.39 is 11.7 Å². The zero-order valence-corrected chi connectivity index (χ0v) is 10.3. The molecular formula is C14H18F3N. The van der Waals surface area contributed by atoms with Gasteiger partial charge in [0.1, 0.15) is 0 Å². The molecule has 1 aliphatic heterocycles. The topological polar surface area (TPSA) is 12.0 Å². The van der Waals surface area contributed by atoms with Crippen molar-refractivity contribution < 1.29 is 13.2 Å². The van der Waals surface area contributed by atoms with Crippen LogP contribution >= 0.6 is 0 Å². The number of hydrogen-bond acceptors (Lipinski definition) is 1. The number of nitrogens with one attached hydrogen (secondary N) is 1. The van der Waals surface area contributed by atoms with Gasteiger partial charge in [0.05, 0.1) is 5.56 Å². The summed E-state index contributed by atoms with van der Waals surface area (Å²) in [6.45, 7) is 0.992. The van der Waals surface area contributed by atoms with Crippen LogP contribution in [0.5, 0.6) is 0 Å². The first-order valence-corrected chi connectivity index (χ1v) is 6.46. The molecule has 2 rings (SSSR count). The van der Waals surface area contributed by atoms with E-state index in [-0.39, 0.29) is 0 Å². The lowest BCUT2D eigenvalue weighted by atomic mass is 9.95. The number of hydrogen-bond donors (Lipinski definition) is 1. The number of halogens is 3. The van der Waals surface area contributed by atoms with Gasteiger partial charge < -0.3 is 5.32 Å². The van der Waals surface area contributed by atoms with Crippen molar-refractivity contribution in [2.24, 2.45) is 0 Å². The summed E-state index contributed by atoms with van der Waals surface area (Å²) in [4.78, 5) is 0. The summed E-state index contributed by atoms with van der Waals surface area (Å²) in [5, 5.41) is 3.37. The van der Waals surface area contributed by atoms with E-state index in [9.17, 15) is 13.2 Å². The first-order chi connectivity index (χ1) is 8.57. The molecule has 1 fully saturated rings. The summed E-state index contributed by atoms with van der Waals surface area (Å²) in [7, 11) is 0. The van der Waals surface area contributed by atoms with E-state index >= 15 is 0 Å². The van der Waals surface area contributed by atoms with Gasteiger partial charge in [-0.3, -0.25) is 0 Å². The maximum atomic E-state index is 12.8. The van der Waals surface area contributed by atoms with Crippen molar-refractivity contribution in [3.8, 4) is 0 Å². The summed E-state index contributed by atoms with van der Waals surface area (Å²) in [5.41, 5.74) is -0.0711. The van der Waals surface area contributed by atoms with Crippen LogP contribution in [0.4, 0.5) is 13.2 Å². The lowest BCUT2D eigenvalue weighted by molar-refractivity contribution is -0.138. The number of rotatable bonds is 3. The molecule has 1 aliphatic rings. The molecule has 1 atom stereocenters. The van der Waals surface area contributed by atoms with E-state index in [2.05, 4.69) is 5.32 Å². The van der Waals surface area contributed by atoms with Gasteiger partial charge in [-0.2, -0.15) is 13.2 Å². The van der Waals surface area contributed by atoms with E-state index in [4.69, 9.17) is 0 Å². The van der Waals surface area contributed by atoms with Gasteiger partial charge in [-0.05, 0) is 43.9 Å². The quantitative estimate of drug-likeness (QED) is 0.869. The van der Waals surface area contributed by atoms with Gasteiger partial charge in [-0.25, -0.2) is 0 Å². The molecule has 1 aromatic rings. The molecule has 1 saturated heterocycles. The molecular weight excluding hydrogens is 239 g/mol. The first-order valence-electron chi connectivity index (χ1n) is 6.46. The average molecular weight is 257 g/mol. The molecule has 4 heteroatoms. The van der Waals surface area contributed by atoms with Crippen molar-refractivity contribution >= 4 is 0 Å². The maximum absolute atomic E-state index is 12.8. The molecule has 0 saturated carbocycles. The number of alkyl halides is 3. The highest BCUT2D eigenvalue weighted by atomic mass is 19.4. The van der Waals surface area contributed by atoms with E-state index in [0.29, 0.717) is 18.0 Å². The minimum atomic E-state index is -4.24. The van der Waals surface area contributed by atoms with Crippen LogP contribution in [-0.4, -0.2) is 12.6 Å². The summed E-state index contributed by atoms with van der Waals surface area (Å²) in [6.07, 6.45) is 0.472. The Bertz CT molecular complexity index is 381. The summed E-state index contributed by atoms with van der Waals surface area (Å²) in [6, 6.07) is 6.26. The highest BCUT2D eigenvalue weighted by Gasteiger charge is 2.32. The Labute approximate surface area is 105 Å². The maximum Gasteiger partial charge on any atom is 0.416 e. The van der Waals surface area contributed by atoms with Gasteiger partial charge in [-0.15, -0.1) is 0 Å². The Morgan fingerprint density at radius 1 is 1.17 bits per heavy atom. The Hall–Kier alpha value is -1.03. The SMILES string of the molecule is FC(F)(F)c1ccccc1CCC1CCCCN1. The minimum Gasteiger partial charge on any atom is -0.314 e. The zero-order chi connectivity index (χ0) is 13.0. The second kappa shape index (κ2) is 5.74. The Morgan fingerprint density at radius 3 is 2.61 bits per heavy atom. The summed E-state index contributed by atoms with van der Waals surface area (Å²) < 4.78 is 38.4. The van der Waals surface area contributed by atoms with Crippen molar-refractivity contribution in [2.75, 3.05) is 6.54 Å². The van der Waals surface area contributed by atoms with Gasteiger partial charge in [-0.1, -0.05) is 24.6 Å². The molecule has 1 unspecified atom stereocenters. The number of piperidine rings is 1. The number of aryl methyl sites for hydroxylation is 1. The lowest BCUT2D eigenvalue weighted by Gasteiger charge is -2.24. The van der Waals surface area contributed by atoms with Crippen molar-refractivity contribution in [3.05, 3.63) is 35.4 Å². The molecule has 0 bridgehead atoms. The smallest absolute Gasteiger partial charge is 0.314 e. The standard InChI is InChI=1S/C14H18F3N/c15-14(16,17)13-7-2-1-5-11(13)8-9-12-6-3-4-10-18-12/h1-2,5,7,12,18H,3-4,6,8-10H2. The molecule has 0 aliphatic carbocycles. The van der Waals surface area contributed by atoms with Gasteiger partial charge in [0, 0.05) is 6.04 Å². The van der Waals surface area contributed by atoms with Crippen molar-refractivity contribution in [1.29, 1.82) is 0 Å². The third kappa shape index (κ3) is 3.48. The second-order valence-electron chi connectivity index (χ2n) is 4.84. The van der Waals surface area contributed by atoms with Crippen LogP contribution in [0.3, 0.4) is 0 Å². The van der Waals surface area contributed by atoms with Crippen LogP contribution in [-0.2, 0) is 12.6 Å². The van der Waals surface area contributed by atoms with Crippen molar-refractivity contribution in [2.45, 2.75) is 44.3 Å². The fourth-order valence-electron chi connectivity index (χ4n) is 2.51. The summed E-state index contributed by atoms with van der Waals surface area (Å²) in [5.74, 6) is 0. The van der Waals surface area contributed by atoms with Crippen molar-refractivity contribution in [1.82, 2.24) is 5.32 Å². The molecule has 0 spiro atoms. The van der Waals surface area contributed by atoms with E-state index in [1.165, 1.54) is 25.0 Å². The monoisotopic (exact) mass is 257 g/mol. The normalized spacial score (nSPS) is 20.9. The van der Waals surface area contributed by atoms with E-state index in [0.717, 1.165) is 19.4 Å². The van der Waals surface area contributed by atoms with Crippen LogP contribution in [0.25, 0.3) is 0 Å². The molecule has 18 heavy (non-hydrogen) atoms. The van der Waals surface area contributed by atoms with Crippen LogP contribution in [0.2, 0.25) is 0 Å². The Kier molecular flexibility index (Phi) is 4.27. The molecule has 0 amide bonds. The summed E-state index contributed by atoms with van der Waals surface area (Å²) >= 11 is 0. The van der Waals surface area contributed by atoms with Gasteiger partial charge in [0.25, 0.3) is 0 Å². The molecule has 1 aromatic carbocycles. The van der Waals surface area contributed by atoms with Gasteiger partial charge in [0.15, 0.2) is 0 Å². The Morgan fingerprint density at radius 2 is 1.94 bits per heavy atom. The second-order valence-corrected chi connectivity index (χ2v) is 4.84. The molecule has 1 nitrogen and oxygen atoms in total. The van der Waals surface area contributed by atoms with E-state index in [1.807, 2.05) is 0 Å². The Balaban J connectivity index is 2.00. The molecule has 0 radical (unpaired) electrons. The first kappa shape index (κ1) is 13.4. The van der Waals surface area contributed by atoms with Gasteiger partial charge >= 0.3 is 6.18 Å². The predicted octanol–water partition coefficient (Wildman–Crippen LogP) is 3.78. The fraction of sp³-hybridized carbons (Fsp3) is 0.571. The van der Waals surface area contributed by atoms with Gasteiger partial charge in [0.2, 0.25) is 0 Å².